The van der Waals surface area contributed by atoms with Crippen LogP contribution in [0.2, 0.25) is 0 Å². The minimum absolute atomic E-state index is 0.0133. The van der Waals surface area contributed by atoms with Gasteiger partial charge >= 0.3 is 6.09 Å². The SMILES string of the molecule is COCC(=O)N1CCC(NC(=O)OCCCl)CC1. The van der Waals surface area contributed by atoms with E-state index in [4.69, 9.17) is 21.1 Å². The lowest BCUT2D eigenvalue weighted by molar-refractivity contribution is -0.136. The Kier molecular flexibility index (Phi) is 6.82. The van der Waals surface area contributed by atoms with E-state index in [2.05, 4.69) is 5.32 Å². The van der Waals surface area contributed by atoms with Crippen LogP contribution in [0.1, 0.15) is 12.8 Å². The van der Waals surface area contributed by atoms with Gasteiger partial charge in [-0.15, -0.1) is 11.6 Å². The van der Waals surface area contributed by atoms with E-state index >= 15 is 0 Å². The summed E-state index contributed by atoms with van der Waals surface area (Å²) in [4.78, 5) is 24.6. The molecule has 0 atom stereocenters. The van der Waals surface area contributed by atoms with E-state index in [-0.39, 0.29) is 31.0 Å². The fourth-order valence-electron chi connectivity index (χ4n) is 1.83. The number of halogens is 1. The summed E-state index contributed by atoms with van der Waals surface area (Å²) in [7, 11) is 1.50. The fourth-order valence-corrected chi connectivity index (χ4v) is 1.90. The van der Waals surface area contributed by atoms with Crippen LogP contribution in [-0.2, 0) is 14.3 Å². The van der Waals surface area contributed by atoms with Gasteiger partial charge in [0.15, 0.2) is 0 Å². The number of rotatable bonds is 5. The van der Waals surface area contributed by atoms with Crippen molar-refractivity contribution in [2.24, 2.45) is 0 Å². The van der Waals surface area contributed by atoms with Gasteiger partial charge in [-0.1, -0.05) is 0 Å². The number of alkyl carbamates (subject to hydrolysis) is 1. The monoisotopic (exact) mass is 278 g/mol. The lowest BCUT2D eigenvalue weighted by Crippen LogP contribution is -2.47. The molecule has 2 amide bonds. The molecule has 0 radical (unpaired) electrons. The van der Waals surface area contributed by atoms with Crippen LogP contribution in [0.15, 0.2) is 0 Å². The first-order valence-electron chi connectivity index (χ1n) is 5.93. The Morgan fingerprint density at radius 1 is 1.39 bits per heavy atom. The zero-order valence-electron chi connectivity index (χ0n) is 10.5. The maximum absolute atomic E-state index is 11.5. The predicted molar refractivity (Wildman–Crippen MR) is 66.7 cm³/mol. The van der Waals surface area contributed by atoms with E-state index in [1.807, 2.05) is 0 Å². The number of amides is 2. The number of likely N-dealkylation sites (tertiary alicyclic amines) is 1. The van der Waals surface area contributed by atoms with E-state index in [1.165, 1.54) is 7.11 Å². The molecule has 1 aliphatic rings. The van der Waals surface area contributed by atoms with E-state index in [0.29, 0.717) is 13.1 Å². The molecular formula is C11H19ClN2O4. The molecule has 0 aromatic heterocycles. The largest absolute Gasteiger partial charge is 0.448 e. The van der Waals surface area contributed by atoms with Crippen LogP contribution >= 0.6 is 11.6 Å². The molecule has 0 unspecified atom stereocenters. The minimum Gasteiger partial charge on any atom is -0.448 e. The van der Waals surface area contributed by atoms with Gasteiger partial charge in [-0.25, -0.2) is 4.79 Å². The number of ether oxygens (including phenoxy) is 2. The molecule has 1 saturated heterocycles. The molecule has 1 aliphatic heterocycles. The molecule has 18 heavy (non-hydrogen) atoms. The molecule has 1 N–H and O–H groups in total. The molecule has 0 aliphatic carbocycles. The molecular weight excluding hydrogens is 260 g/mol. The summed E-state index contributed by atoms with van der Waals surface area (Å²) in [5.74, 6) is 0.276. The second-order valence-electron chi connectivity index (χ2n) is 4.06. The van der Waals surface area contributed by atoms with Crippen molar-refractivity contribution in [3.63, 3.8) is 0 Å². The van der Waals surface area contributed by atoms with Crippen molar-refractivity contribution in [3.8, 4) is 0 Å². The highest BCUT2D eigenvalue weighted by Gasteiger charge is 2.23. The van der Waals surface area contributed by atoms with Gasteiger partial charge in [-0.3, -0.25) is 4.79 Å². The van der Waals surface area contributed by atoms with Crippen molar-refractivity contribution in [1.82, 2.24) is 10.2 Å². The lowest BCUT2D eigenvalue weighted by atomic mass is 10.1. The summed E-state index contributed by atoms with van der Waals surface area (Å²) in [5, 5.41) is 2.76. The number of nitrogens with one attached hydrogen (secondary N) is 1. The number of nitrogens with zero attached hydrogens (tertiary/aromatic N) is 1. The Hall–Kier alpha value is -1.01. The average Bonchev–Trinajstić information content (AvgIpc) is 2.37. The minimum atomic E-state index is -0.447. The Labute approximate surface area is 112 Å². The summed E-state index contributed by atoms with van der Waals surface area (Å²) >= 11 is 5.41. The first kappa shape index (κ1) is 15.0. The van der Waals surface area contributed by atoms with Gasteiger partial charge in [-0.05, 0) is 12.8 Å². The van der Waals surface area contributed by atoms with Crippen molar-refractivity contribution >= 4 is 23.6 Å². The Morgan fingerprint density at radius 2 is 2.06 bits per heavy atom. The Morgan fingerprint density at radius 3 is 2.61 bits per heavy atom. The molecule has 0 aromatic carbocycles. The van der Waals surface area contributed by atoms with Gasteiger partial charge in [0.1, 0.15) is 13.2 Å². The second-order valence-corrected chi connectivity index (χ2v) is 4.44. The molecule has 104 valence electrons. The molecule has 6 nitrogen and oxygen atoms in total. The van der Waals surface area contributed by atoms with Gasteiger partial charge in [0, 0.05) is 26.2 Å². The van der Waals surface area contributed by atoms with Gasteiger partial charge < -0.3 is 19.7 Å². The van der Waals surface area contributed by atoms with Crippen molar-refractivity contribution in [2.75, 3.05) is 39.3 Å². The molecule has 0 saturated carbocycles. The third kappa shape index (κ3) is 5.10. The number of methoxy groups -OCH3 is 1. The highest BCUT2D eigenvalue weighted by molar-refractivity contribution is 6.18. The molecule has 1 fully saturated rings. The Balaban J connectivity index is 2.22. The maximum atomic E-state index is 11.5. The van der Waals surface area contributed by atoms with Crippen molar-refractivity contribution in [3.05, 3.63) is 0 Å². The molecule has 0 spiro atoms. The smallest absolute Gasteiger partial charge is 0.407 e. The Bertz CT molecular complexity index is 280. The van der Waals surface area contributed by atoms with Crippen LogP contribution in [0.4, 0.5) is 4.79 Å². The topological polar surface area (TPSA) is 67.9 Å². The average molecular weight is 279 g/mol. The van der Waals surface area contributed by atoms with Crippen LogP contribution in [0.5, 0.6) is 0 Å². The predicted octanol–water partition coefficient (Wildman–Crippen LogP) is 0.589. The van der Waals surface area contributed by atoms with Gasteiger partial charge in [0.25, 0.3) is 0 Å². The quantitative estimate of drug-likeness (QED) is 0.748. The summed E-state index contributed by atoms with van der Waals surface area (Å²) in [6, 6.07) is 0.0550. The van der Waals surface area contributed by atoms with E-state index < -0.39 is 6.09 Å². The highest BCUT2D eigenvalue weighted by atomic mass is 35.5. The number of hydrogen-bond donors (Lipinski definition) is 1. The van der Waals surface area contributed by atoms with Crippen molar-refractivity contribution in [2.45, 2.75) is 18.9 Å². The van der Waals surface area contributed by atoms with Crippen molar-refractivity contribution < 1.29 is 19.1 Å². The number of carbonyl (C=O) groups excluding carboxylic acids is 2. The molecule has 1 heterocycles. The van der Waals surface area contributed by atoms with Crippen LogP contribution < -0.4 is 5.32 Å². The third-order valence-corrected chi connectivity index (χ3v) is 2.90. The number of piperidine rings is 1. The van der Waals surface area contributed by atoms with Gasteiger partial charge in [0.05, 0.1) is 5.88 Å². The maximum Gasteiger partial charge on any atom is 0.407 e. The van der Waals surface area contributed by atoms with Gasteiger partial charge in [-0.2, -0.15) is 0 Å². The lowest BCUT2D eigenvalue weighted by Gasteiger charge is -2.32. The van der Waals surface area contributed by atoms with Crippen LogP contribution in [0.3, 0.4) is 0 Å². The molecule has 0 bridgehead atoms. The standard InChI is InChI=1S/C11H19ClN2O4/c1-17-8-10(15)14-5-2-9(3-6-14)13-11(16)18-7-4-12/h9H,2-8H2,1H3,(H,13,16). The van der Waals surface area contributed by atoms with E-state index in [9.17, 15) is 9.59 Å². The number of alkyl halides is 1. The summed E-state index contributed by atoms with van der Waals surface area (Å²) in [6.45, 7) is 1.57. The normalized spacial score (nSPS) is 16.4. The summed E-state index contributed by atoms with van der Waals surface area (Å²) in [6.07, 6.45) is 1.01. The summed E-state index contributed by atoms with van der Waals surface area (Å²) in [5.41, 5.74) is 0. The van der Waals surface area contributed by atoms with Crippen molar-refractivity contribution in [1.29, 1.82) is 0 Å². The molecule has 1 rings (SSSR count). The first-order valence-corrected chi connectivity index (χ1v) is 6.46. The van der Waals surface area contributed by atoms with Crippen LogP contribution in [0, 0.1) is 0 Å². The summed E-state index contributed by atoms with van der Waals surface area (Å²) < 4.78 is 9.62. The van der Waals surface area contributed by atoms with E-state index in [0.717, 1.165) is 12.8 Å². The first-order chi connectivity index (χ1) is 8.67. The van der Waals surface area contributed by atoms with Crippen LogP contribution in [-0.4, -0.2) is 62.2 Å². The number of carbonyl (C=O) groups is 2. The highest BCUT2D eigenvalue weighted by Crippen LogP contribution is 2.10. The third-order valence-electron chi connectivity index (χ3n) is 2.75. The molecule has 0 aromatic rings. The van der Waals surface area contributed by atoms with Gasteiger partial charge in [0.2, 0.25) is 5.91 Å². The number of hydrogen-bond acceptors (Lipinski definition) is 4. The second kappa shape index (κ2) is 8.16. The molecule has 7 heteroatoms. The zero-order chi connectivity index (χ0) is 13.4. The zero-order valence-corrected chi connectivity index (χ0v) is 11.2. The fraction of sp³-hybridized carbons (Fsp3) is 0.818. The van der Waals surface area contributed by atoms with Crippen LogP contribution in [0.25, 0.3) is 0 Å². The van der Waals surface area contributed by atoms with E-state index in [1.54, 1.807) is 4.90 Å².